The summed E-state index contributed by atoms with van der Waals surface area (Å²) in [5, 5.41) is 14.2. The van der Waals surface area contributed by atoms with E-state index >= 15 is 0 Å². The average Bonchev–Trinajstić information content (AvgIpc) is 3.03. The molecule has 1 aliphatic carbocycles. The molecular weight excluding hydrogens is 338 g/mol. The number of nitrogens with one attached hydrogen (secondary N) is 1. The lowest BCUT2D eigenvalue weighted by Gasteiger charge is -2.44. The van der Waals surface area contributed by atoms with Crippen LogP contribution in [0.5, 0.6) is 0 Å². The zero-order valence-electron chi connectivity index (χ0n) is 14.9. The van der Waals surface area contributed by atoms with Gasteiger partial charge in [0.15, 0.2) is 0 Å². The number of carbonyl (C=O) groups is 2. The molecule has 2 amide bonds. The van der Waals surface area contributed by atoms with Gasteiger partial charge in [-0.05, 0) is 49.2 Å². The van der Waals surface area contributed by atoms with Crippen molar-refractivity contribution in [2.24, 2.45) is 0 Å². The summed E-state index contributed by atoms with van der Waals surface area (Å²) < 4.78 is 0. The molecule has 2 heterocycles. The highest BCUT2D eigenvalue weighted by Crippen LogP contribution is 2.35. The minimum Gasteiger partial charge on any atom is -0.480 e. The fourth-order valence-corrected chi connectivity index (χ4v) is 4.94. The molecule has 1 unspecified atom stereocenters. The number of likely N-dealkylation sites (N-methyl/N-ethyl adjacent to an activating group) is 1. The van der Waals surface area contributed by atoms with Crippen molar-refractivity contribution in [3.63, 3.8) is 0 Å². The van der Waals surface area contributed by atoms with Crippen molar-refractivity contribution in [1.82, 2.24) is 15.1 Å². The number of fused-ring (bicyclic) bond motifs is 1. The van der Waals surface area contributed by atoms with Crippen molar-refractivity contribution < 1.29 is 14.7 Å². The van der Waals surface area contributed by atoms with Crippen LogP contribution in [0.1, 0.15) is 49.6 Å². The Balaban J connectivity index is 1.53. The van der Waals surface area contributed by atoms with Gasteiger partial charge in [0, 0.05) is 23.5 Å². The first kappa shape index (κ1) is 18.2. The average molecular weight is 365 g/mol. The van der Waals surface area contributed by atoms with E-state index in [1.54, 1.807) is 11.3 Å². The summed E-state index contributed by atoms with van der Waals surface area (Å²) in [7, 11) is 0. The van der Waals surface area contributed by atoms with Crippen molar-refractivity contribution in [2.45, 2.75) is 57.7 Å². The van der Waals surface area contributed by atoms with Gasteiger partial charge >= 0.3 is 12.0 Å². The normalized spacial score (nSPS) is 25.4. The molecule has 2 aliphatic rings. The third kappa shape index (κ3) is 3.82. The smallest absolute Gasteiger partial charge is 0.318 e. The van der Waals surface area contributed by atoms with Gasteiger partial charge in [-0.15, -0.1) is 11.3 Å². The van der Waals surface area contributed by atoms with E-state index in [-0.39, 0.29) is 30.7 Å². The minimum absolute atomic E-state index is 0.0217. The lowest BCUT2D eigenvalue weighted by Crippen LogP contribution is -2.57. The zero-order chi connectivity index (χ0) is 18.0. The van der Waals surface area contributed by atoms with E-state index in [2.05, 4.69) is 23.7 Å². The predicted molar refractivity (Wildman–Crippen MR) is 98.0 cm³/mol. The third-order valence-corrected chi connectivity index (χ3v) is 6.44. The molecule has 25 heavy (non-hydrogen) atoms. The number of nitrogens with zero attached hydrogens (tertiary/aromatic N) is 2. The van der Waals surface area contributed by atoms with Crippen LogP contribution in [-0.2, 0) is 11.2 Å². The highest BCUT2D eigenvalue weighted by molar-refractivity contribution is 7.10. The number of carbonyl (C=O) groups excluding carboxylic acids is 1. The molecule has 1 aromatic heterocycles. The Morgan fingerprint density at radius 2 is 2.16 bits per heavy atom. The molecule has 0 spiro atoms. The SMILES string of the molecule is CCC1c2ccsc2CCN1C(=O)NC1CC(N(CC)CC(=O)O)C1. The summed E-state index contributed by atoms with van der Waals surface area (Å²) in [4.78, 5) is 29.0. The van der Waals surface area contributed by atoms with E-state index in [0.29, 0.717) is 0 Å². The van der Waals surface area contributed by atoms with E-state index in [0.717, 1.165) is 38.8 Å². The molecule has 2 N–H and O–H groups in total. The first-order valence-electron chi connectivity index (χ1n) is 9.12. The number of aliphatic carboxylic acids is 1. The molecule has 0 aromatic carbocycles. The Hall–Kier alpha value is -1.60. The van der Waals surface area contributed by atoms with Crippen LogP contribution in [0.3, 0.4) is 0 Å². The van der Waals surface area contributed by atoms with Crippen molar-refractivity contribution >= 4 is 23.3 Å². The Labute approximate surface area is 152 Å². The van der Waals surface area contributed by atoms with Gasteiger partial charge in [-0.25, -0.2) is 4.79 Å². The van der Waals surface area contributed by atoms with Crippen LogP contribution in [0.15, 0.2) is 11.4 Å². The summed E-state index contributed by atoms with van der Waals surface area (Å²) in [6.45, 7) is 5.68. The molecule has 0 bridgehead atoms. The molecule has 0 radical (unpaired) electrons. The molecule has 1 saturated carbocycles. The van der Waals surface area contributed by atoms with Crippen LogP contribution >= 0.6 is 11.3 Å². The third-order valence-electron chi connectivity index (χ3n) is 5.44. The number of thiophene rings is 1. The van der Waals surface area contributed by atoms with Gasteiger partial charge < -0.3 is 15.3 Å². The second-order valence-electron chi connectivity index (χ2n) is 6.90. The monoisotopic (exact) mass is 365 g/mol. The summed E-state index contributed by atoms with van der Waals surface area (Å²) >= 11 is 1.79. The number of hydrogen-bond acceptors (Lipinski definition) is 4. The second kappa shape index (κ2) is 7.74. The number of carboxylic acids is 1. The highest BCUT2D eigenvalue weighted by Gasteiger charge is 2.37. The quantitative estimate of drug-likeness (QED) is 0.813. The number of rotatable bonds is 6. The van der Waals surface area contributed by atoms with Gasteiger partial charge in [-0.1, -0.05) is 13.8 Å². The van der Waals surface area contributed by atoms with Crippen molar-refractivity contribution in [3.05, 3.63) is 21.9 Å². The summed E-state index contributed by atoms with van der Waals surface area (Å²) in [5.74, 6) is -0.792. The molecular formula is C18H27N3O3S. The van der Waals surface area contributed by atoms with Gasteiger partial charge in [0.2, 0.25) is 0 Å². The van der Waals surface area contributed by atoms with E-state index in [4.69, 9.17) is 5.11 Å². The molecule has 7 heteroatoms. The van der Waals surface area contributed by atoms with Gasteiger partial charge in [0.05, 0.1) is 12.6 Å². The standard InChI is InChI=1S/C18H27N3O3S/c1-3-15-14-6-8-25-16(14)5-7-21(15)18(24)19-12-9-13(10-12)20(4-2)11-17(22)23/h6,8,12-13,15H,3-5,7,9-11H2,1-2H3,(H,19,24)(H,22,23). The van der Waals surface area contributed by atoms with Crippen LogP contribution in [-0.4, -0.2) is 58.6 Å². The first-order valence-corrected chi connectivity index (χ1v) is 10.0. The summed E-state index contributed by atoms with van der Waals surface area (Å²) in [5.41, 5.74) is 1.30. The topological polar surface area (TPSA) is 72.9 Å². The van der Waals surface area contributed by atoms with Crippen molar-refractivity contribution in [3.8, 4) is 0 Å². The van der Waals surface area contributed by atoms with Gasteiger partial charge in [0.25, 0.3) is 0 Å². The summed E-state index contributed by atoms with van der Waals surface area (Å²) in [6.07, 6.45) is 3.53. The molecule has 1 aromatic rings. The van der Waals surface area contributed by atoms with E-state index in [1.807, 2.05) is 16.7 Å². The number of carboxylic acid groups (broad SMARTS) is 1. The Kier molecular flexibility index (Phi) is 5.64. The van der Waals surface area contributed by atoms with Crippen molar-refractivity contribution in [1.29, 1.82) is 0 Å². The predicted octanol–water partition coefficient (Wildman–Crippen LogP) is 2.70. The first-order chi connectivity index (χ1) is 12.0. The Morgan fingerprint density at radius 1 is 1.40 bits per heavy atom. The molecule has 138 valence electrons. The molecule has 6 nitrogen and oxygen atoms in total. The van der Waals surface area contributed by atoms with Crippen LogP contribution in [0.2, 0.25) is 0 Å². The highest BCUT2D eigenvalue weighted by atomic mass is 32.1. The lowest BCUT2D eigenvalue weighted by atomic mass is 9.85. The van der Waals surface area contributed by atoms with Gasteiger partial charge in [-0.2, -0.15) is 0 Å². The molecule has 1 atom stereocenters. The number of amides is 2. The largest absolute Gasteiger partial charge is 0.480 e. The van der Waals surface area contributed by atoms with E-state index in [1.165, 1.54) is 10.4 Å². The second-order valence-corrected chi connectivity index (χ2v) is 7.90. The van der Waals surface area contributed by atoms with Crippen LogP contribution in [0, 0.1) is 0 Å². The van der Waals surface area contributed by atoms with Crippen LogP contribution < -0.4 is 5.32 Å². The fraction of sp³-hybridized carbons (Fsp3) is 0.667. The molecule has 1 aliphatic heterocycles. The maximum Gasteiger partial charge on any atom is 0.318 e. The molecule has 1 fully saturated rings. The van der Waals surface area contributed by atoms with Gasteiger partial charge in [-0.3, -0.25) is 9.69 Å². The maximum atomic E-state index is 12.7. The molecule has 3 rings (SSSR count). The lowest BCUT2D eigenvalue weighted by molar-refractivity contribution is -0.139. The Bertz CT molecular complexity index is 627. The maximum absolute atomic E-state index is 12.7. The minimum atomic E-state index is -0.792. The van der Waals surface area contributed by atoms with Gasteiger partial charge in [0.1, 0.15) is 0 Å². The number of hydrogen-bond donors (Lipinski definition) is 2. The summed E-state index contributed by atoms with van der Waals surface area (Å²) in [6, 6.07) is 2.76. The molecule has 0 saturated heterocycles. The van der Waals surface area contributed by atoms with Crippen LogP contribution in [0.25, 0.3) is 0 Å². The zero-order valence-corrected chi connectivity index (χ0v) is 15.7. The number of urea groups is 1. The van der Waals surface area contributed by atoms with E-state index < -0.39 is 5.97 Å². The van der Waals surface area contributed by atoms with E-state index in [9.17, 15) is 9.59 Å². The van der Waals surface area contributed by atoms with Crippen molar-refractivity contribution in [2.75, 3.05) is 19.6 Å². The fourth-order valence-electron chi connectivity index (χ4n) is 4.01. The van der Waals surface area contributed by atoms with Crippen LogP contribution in [0.4, 0.5) is 4.79 Å². The Morgan fingerprint density at radius 3 is 2.80 bits per heavy atom.